The summed E-state index contributed by atoms with van der Waals surface area (Å²) in [5.41, 5.74) is 1.95. The first kappa shape index (κ1) is 25.7. The number of aliphatic imine (C=N–C) groups is 1. The van der Waals surface area contributed by atoms with Crippen LogP contribution >= 0.6 is 35.6 Å². The Kier molecular flexibility index (Phi) is 9.86. The second-order valence-electron chi connectivity index (χ2n) is 7.11. The molecule has 0 radical (unpaired) electrons. The normalized spacial score (nSPS) is 16.7. The molecule has 7 nitrogen and oxygen atoms in total. The van der Waals surface area contributed by atoms with Crippen molar-refractivity contribution in [1.82, 2.24) is 15.4 Å². The summed E-state index contributed by atoms with van der Waals surface area (Å²) in [4.78, 5) is 7.19. The lowest BCUT2D eigenvalue weighted by molar-refractivity contribution is 0.588. The number of benzene rings is 2. The third-order valence-corrected chi connectivity index (χ3v) is 6.59. The van der Waals surface area contributed by atoms with Gasteiger partial charge in [-0.1, -0.05) is 29.8 Å². The monoisotopic (exact) mass is 577 g/mol. The van der Waals surface area contributed by atoms with Crippen LogP contribution in [0.1, 0.15) is 18.9 Å². The number of guanidine groups is 1. The fraction of sp³-hybridized carbons (Fsp3) is 0.381. The minimum Gasteiger partial charge on any atom is -0.369 e. The standard InChI is InChI=1S/C21H28ClN5O2S.HI/c1-3-24-21(25-14-16-6-4-9-20(12-16)30(28,29)23-2)26-18-10-11-27(15-18)19-8-5-7-17(22)13-19;/h4-9,12-13,18,23H,3,10-11,14-15H2,1-2H3,(H2,24,25,26);1H. The molecule has 2 aromatic rings. The van der Waals surface area contributed by atoms with E-state index in [0.717, 1.165) is 48.3 Å². The molecule has 1 aliphatic rings. The van der Waals surface area contributed by atoms with Crippen LogP contribution in [-0.2, 0) is 16.6 Å². The summed E-state index contributed by atoms with van der Waals surface area (Å²) >= 11 is 6.12. The van der Waals surface area contributed by atoms with Crippen LogP contribution in [0.25, 0.3) is 0 Å². The molecule has 1 unspecified atom stereocenters. The fourth-order valence-electron chi connectivity index (χ4n) is 3.40. The highest BCUT2D eigenvalue weighted by atomic mass is 127. The molecule has 0 amide bonds. The predicted octanol–water partition coefficient (Wildman–Crippen LogP) is 3.20. The Hall–Kier alpha value is -1.56. The van der Waals surface area contributed by atoms with E-state index < -0.39 is 10.0 Å². The lowest BCUT2D eigenvalue weighted by Gasteiger charge is -2.20. The molecular formula is C21H29ClIN5O2S. The van der Waals surface area contributed by atoms with E-state index in [1.807, 2.05) is 31.2 Å². The van der Waals surface area contributed by atoms with Gasteiger partial charge < -0.3 is 15.5 Å². The van der Waals surface area contributed by atoms with Gasteiger partial charge in [0.05, 0.1) is 11.4 Å². The van der Waals surface area contributed by atoms with Crippen molar-refractivity contribution in [3.63, 3.8) is 0 Å². The summed E-state index contributed by atoms with van der Waals surface area (Å²) in [6.07, 6.45) is 0.993. The number of halogens is 2. The molecule has 3 N–H and O–H groups in total. The molecule has 31 heavy (non-hydrogen) atoms. The number of hydrogen-bond donors (Lipinski definition) is 3. The van der Waals surface area contributed by atoms with E-state index in [1.54, 1.807) is 18.2 Å². The molecule has 170 valence electrons. The Morgan fingerprint density at radius 3 is 2.71 bits per heavy atom. The van der Waals surface area contributed by atoms with Crippen LogP contribution in [-0.4, -0.2) is 47.1 Å². The van der Waals surface area contributed by atoms with Gasteiger partial charge in [0.2, 0.25) is 10.0 Å². The van der Waals surface area contributed by atoms with Crippen LogP contribution in [0.3, 0.4) is 0 Å². The third-order valence-electron chi connectivity index (χ3n) is 4.94. The Bertz CT molecular complexity index is 1000. The summed E-state index contributed by atoms with van der Waals surface area (Å²) in [6, 6.07) is 15.0. The van der Waals surface area contributed by atoms with Crippen molar-refractivity contribution in [3.05, 3.63) is 59.1 Å². The van der Waals surface area contributed by atoms with Gasteiger partial charge in [0.1, 0.15) is 0 Å². The van der Waals surface area contributed by atoms with E-state index >= 15 is 0 Å². The van der Waals surface area contributed by atoms with Gasteiger partial charge >= 0.3 is 0 Å². The maximum atomic E-state index is 12.0. The minimum atomic E-state index is -3.47. The van der Waals surface area contributed by atoms with Gasteiger partial charge in [0.15, 0.2) is 5.96 Å². The van der Waals surface area contributed by atoms with Crippen molar-refractivity contribution in [3.8, 4) is 0 Å². The summed E-state index contributed by atoms with van der Waals surface area (Å²) in [5.74, 6) is 0.720. The minimum absolute atomic E-state index is 0. The molecule has 0 aliphatic carbocycles. The third kappa shape index (κ3) is 7.23. The highest BCUT2D eigenvalue weighted by molar-refractivity contribution is 14.0. The molecule has 0 spiro atoms. The maximum Gasteiger partial charge on any atom is 0.240 e. The summed E-state index contributed by atoms with van der Waals surface area (Å²) in [5, 5.41) is 7.50. The Morgan fingerprint density at radius 1 is 1.23 bits per heavy atom. The van der Waals surface area contributed by atoms with Crippen LogP contribution in [0.4, 0.5) is 5.69 Å². The number of anilines is 1. The maximum absolute atomic E-state index is 12.0. The van der Waals surface area contributed by atoms with Crippen molar-refractivity contribution in [1.29, 1.82) is 0 Å². The number of nitrogens with zero attached hydrogens (tertiary/aromatic N) is 2. The van der Waals surface area contributed by atoms with Gasteiger partial charge in [0, 0.05) is 36.4 Å². The molecule has 2 aromatic carbocycles. The van der Waals surface area contributed by atoms with Gasteiger partial charge in [-0.3, -0.25) is 0 Å². The van der Waals surface area contributed by atoms with Gasteiger partial charge in [-0.05, 0) is 56.3 Å². The number of rotatable bonds is 7. The van der Waals surface area contributed by atoms with Crippen molar-refractivity contribution in [2.75, 3.05) is 31.6 Å². The van der Waals surface area contributed by atoms with Gasteiger partial charge in [-0.15, -0.1) is 24.0 Å². The van der Waals surface area contributed by atoms with Crippen LogP contribution in [0.5, 0.6) is 0 Å². The predicted molar refractivity (Wildman–Crippen MR) is 138 cm³/mol. The Labute approximate surface area is 206 Å². The summed E-state index contributed by atoms with van der Waals surface area (Å²) < 4.78 is 26.4. The van der Waals surface area contributed by atoms with Crippen molar-refractivity contribution in [2.24, 2.45) is 4.99 Å². The fourth-order valence-corrected chi connectivity index (χ4v) is 4.38. The zero-order chi connectivity index (χ0) is 21.6. The van der Waals surface area contributed by atoms with Crippen LogP contribution in [0.2, 0.25) is 5.02 Å². The van der Waals surface area contributed by atoms with Crippen LogP contribution in [0.15, 0.2) is 58.4 Å². The zero-order valence-corrected chi connectivity index (χ0v) is 21.5. The molecule has 1 aliphatic heterocycles. The van der Waals surface area contributed by atoms with E-state index in [4.69, 9.17) is 11.6 Å². The molecule has 1 saturated heterocycles. The molecular weight excluding hydrogens is 549 g/mol. The highest BCUT2D eigenvalue weighted by Gasteiger charge is 2.23. The Balaban J connectivity index is 0.00000341. The molecule has 10 heteroatoms. The summed E-state index contributed by atoms with van der Waals surface area (Å²) in [6.45, 7) is 4.95. The van der Waals surface area contributed by atoms with Gasteiger partial charge in [0.25, 0.3) is 0 Å². The smallest absolute Gasteiger partial charge is 0.240 e. The first-order valence-corrected chi connectivity index (χ1v) is 11.8. The number of hydrogen-bond acceptors (Lipinski definition) is 4. The second kappa shape index (κ2) is 11.9. The van der Waals surface area contributed by atoms with E-state index in [-0.39, 0.29) is 34.9 Å². The molecule has 0 aromatic heterocycles. The highest BCUT2D eigenvalue weighted by Crippen LogP contribution is 2.23. The van der Waals surface area contributed by atoms with Gasteiger partial charge in [-0.25, -0.2) is 18.1 Å². The molecule has 0 saturated carbocycles. The topological polar surface area (TPSA) is 85.8 Å². The average Bonchev–Trinajstić information content (AvgIpc) is 3.21. The van der Waals surface area contributed by atoms with Crippen LogP contribution < -0.4 is 20.3 Å². The molecule has 1 atom stereocenters. The van der Waals surface area contributed by atoms with E-state index in [2.05, 4.69) is 31.3 Å². The quantitative estimate of drug-likeness (QED) is 0.267. The molecule has 1 fully saturated rings. The molecule has 0 bridgehead atoms. The first-order valence-electron chi connectivity index (χ1n) is 9.99. The SMILES string of the molecule is CCNC(=NCc1cccc(S(=O)(=O)NC)c1)NC1CCN(c2cccc(Cl)c2)C1.I. The number of nitrogens with one attached hydrogen (secondary N) is 3. The lowest BCUT2D eigenvalue weighted by atomic mass is 10.2. The average molecular weight is 578 g/mol. The van der Waals surface area contributed by atoms with Crippen LogP contribution in [0, 0.1) is 0 Å². The van der Waals surface area contributed by atoms with E-state index in [9.17, 15) is 8.42 Å². The largest absolute Gasteiger partial charge is 0.369 e. The zero-order valence-electron chi connectivity index (χ0n) is 17.6. The van der Waals surface area contributed by atoms with Crippen molar-refractivity contribution in [2.45, 2.75) is 30.8 Å². The number of sulfonamides is 1. The van der Waals surface area contributed by atoms with Crippen molar-refractivity contribution < 1.29 is 8.42 Å². The van der Waals surface area contributed by atoms with E-state index in [1.165, 1.54) is 7.05 Å². The van der Waals surface area contributed by atoms with Gasteiger partial charge in [-0.2, -0.15) is 0 Å². The lowest BCUT2D eigenvalue weighted by Crippen LogP contribution is -2.44. The first-order chi connectivity index (χ1) is 14.4. The molecule has 3 rings (SSSR count). The molecule has 1 heterocycles. The summed E-state index contributed by atoms with van der Waals surface area (Å²) in [7, 11) is -2.06. The van der Waals surface area contributed by atoms with Crippen molar-refractivity contribution >= 4 is 57.2 Å². The van der Waals surface area contributed by atoms with E-state index in [0.29, 0.717) is 6.54 Å². The second-order valence-corrected chi connectivity index (χ2v) is 9.43. The Morgan fingerprint density at radius 2 is 2.00 bits per heavy atom.